The number of carbonyl (C=O) groups excluding carboxylic acids is 1. The second kappa shape index (κ2) is 6.89. The summed E-state index contributed by atoms with van der Waals surface area (Å²) in [7, 11) is 0. The summed E-state index contributed by atoms with van der Waals surface area (Å²) in [5.41, 5.74) is -0.0169. The Bertz CT molecular complexity index is 721. The van der Waals surface area contributed by atoms with Gasteiger partial charge in [0.1, 0.15) is 5.82 Å². The lowest BCUT2D eigenvalue weighted by atomic mass is 10.0. The number of nitrogens with one attached hydrogen (secondary N) is 1. The summed E-state index contributed by atoms with van der Waals surface area (Å²) in [6.45, 7) is 0.883. The summed E-state index contributed by atoms with van der Waals surface area (Å²) in [5.74, 6) is -0.733. The van der Waals surface area contributed by atoms with Gasteiger partial charge in [-0.05, 0) is 35.9 Å². The van der Waals surface area contributed by atoms with Gasteiger partial charge >= 0.3 is 0 Å². The third kappa shape index (κ3) is 3.59. The summed E-state index contributed by atoms with van der Waals surface area (Å²) in [6, 6.07) is 13.5. The lowest BCUT2D eigenvalue weighted by Crippen LogP contribution is -2.47. The first-order chi connectivity index (χ1) is 11.5. The molecule has 1 heterocycles. The van der Waals surface area contributed by atoms with E-state index in [1.807, 2.05) is 30.3 Å². The molecule has 2 N–H and O–H groups in total. The van der Waals surface area contributed by atoms with E-state index in [4.69, 9.17) is 11.6 Å². The number of benzene rings is 2. The van der Waals surface area contributed by atoms with E-state index in [0.29, 0.717) is 30.1 Å². The van der Waals surface area contributed by atoms with Crippen LogP contribution in [0.5, 0.6) is 0 Å². The predicted octanol–water partition coefficient (Wildman–Crippen LogP) is 2.74. The van der Waals surface area contributed by atoms with Crippen LogP contribution in [0.2, 0.25) is 5.02 Å². The van der Waals surface area contributed by atoms with Crippen molar-refractivity contribution in [3.63, 3.8) is 0 Å². The van der Waals surface area contributed by atoms with Crippen molar-refractivity contribution in [2.45, 2.75) is 18.6 Å². The molecule has 0 aromatic heterocycles. The van der Waals surface area contributed by atoms with Crippen molar-refractivity contribution >= 4 is 23.2 Å². The second-order valence-corrected chi connectivity index (χ2v) is 6.39. The van der Waals surface area contributed by atoms with E-state index in [1.165, 1.54) is 12.1 Å². The van der Waals surface area contributed by atoms with Gasteiger partial charge in [0.15, 0.2) is 5.60 Å². The van der Waals surface area contributed by atoms with E-state index in [2.05, 4.69) is 5.32 Å². The standard InChI is InChI=1S/C18H18ClFN2O2/c19-14-8-13(9-15(20)10-14)11-21-12-18(24)6-7-22(17(18)23)16-4-2-1-3-5-16/h1-5,8-10,21,24H,6-7,11-12H2. The number of hydrogen-bond acceptors (Lipinski definition) is 3. The van der Waals surface area contributed by atoms with Crippen molar-refractivity contribution in [2.24, 2.45) is 0 Å². The maximum atomic E-state index is 13.3. The molecule has 4 nitrogen and oxygen atoms in total. The first-order valence-corrected chi connectivity index (χ1v) is 8.11. The van der Waals surface area contributed by atoms with Gasteiger partial charge in [0.25, 0.3) is 5.91 Å². The van der Waals surface area contributed by atoms with Crippen LogP contribution in [0.25, 0.3) is 0 Å². The molecule has 1 fully saturated rings. The number of anilines is 1. The van der Waals surface area contributed by atoms with Crippen LogP contribution in [-0.2, 0) is 11.3 Å². The SMILES string of the molecule is O=C1N(c2ccccc2)CCC1(O)CNCc1cc(F)cc(Cl)c1. The van der Waals surface area contributed by atoms with Crippen molar-refractivity contribution in [3.8, 4) is 0 Å². The number of nitrogens with zero attached hydrogens (tertiary/aromatic N) is 1. The molecule has 1 aliphatic rings. The van der Waals surface area contributed by atoms with Crippen molar-refractivity contribution in [1.82, 2.24) is 5.32 Å². The summed E-state index contributed by atoms with van der Waals surface area (Å²) in [5, 5.41) is 14.0. The molecule has 0 saturated carbocycles. The van der Waals surface area contributed by atoms with E-state index < -0.39 is 11.4 Å². The minimum atomic E-state index is -1.45. The molecule has 2 aromatic rings. The van der Waals surface area contributed by atoms with Crippen LogP contribution >= 0.6 is 11.6 Å². The van der Waals surface area contributed by atoms with Crippen molar-refractivity contribution in [2.75, 3.05) is 18.0 Å². The van der Waals surface area contributed by atoms with Crippen LogP contribution in [0.4, 0.5) is 10.1 Å². The summed E-state index contributed by atoms with van der Waals surface area (Å²) in [4.78, 5) is 14.1. The average Bonchev–Trinajstić information content (AvgIpc) is 2.83. The van der Waals surface area contributed by atoms with Crippen LogP contribution in [0.3, 0.4) is 0 Å². The third-order valence-electron chi connectivity index (χ3n) is 4.13. The molecule has 0 spiro atoms. The van der Waals surface area contributed by atoms with E-state index in [0.717, 1.165) is 5.69 Å². The Labute approximate surface area is 144 Å². The van der Waals surface area contributed by atoms with Crippen LogP contribution in [0.15, 0.2) is 48.5 Å². The summed E-state index contributed by atoms with van der Waals surface area (Å²) in [6.07, 6.45) is 0.345. The Morgan fingerprint density at radius 3 is 2.71 bits per heavy atom. The fourth-order valence-corrected chi connectivity index (χ4v) is 3.15. The highest BCUT2D eigenvalue weighted by Gasteiger charge is 2.45. The maximum absolute atomic E-state index is 13.3. The van der Waals surface area contributed by atoms with Crippen molar-refractivity contribution in [3.05, 3.63) is 64.9 Å². The molecule has 1 saturated heterocycles. The van der Waals surface area contributed by atoms with E-state index >= 15 is 0 Å². The van der Waals surface area contributed by atoms with E-state index in [1.54, 1.807) is 11.0 Å². The monoisotopic (exact) mass is 348 g/mol. The first-order valence-electron chi connectivity index (χ1n) is 7.73. The van der Waals surface area contributed by atoms with Crippen LogP contribution in [0.1, 0.15) is 12.0 Å². The Balaban J connectivity index is 1.62. The molecule has 1 unspecified atom stereocenters. The molecule has 1 amide bonds. The lowest BCUT2D eigenvalue weighted by molar-refractivity contribution is -0.132. The maximum Gasteiger partial charge on any atom is 0.260 e. The van der Waals surface area contributed by atoms with E-state index in [-0.39, 0.29) is 12.5 Å². The smallest absolute Gasteiger partial charge is 0.260 e. The summed E-state index contributed by atoms with van der Waals surface area (Å²) < 4.78 is 13.3. The Morgan fingerprint density at radius 1 is 1.25 bits per heavy atom. The van der Waals surface area contributed by atoms with Crippen molar-refractivity contribution < 1.29 is 14.3 Å². The molecule has 2 aromatic carbocycles. The van der Waals surface area contributed by atoms with Crippen molar-refractivity contribution in [1.29, 1.82) is 0 Å². The topological polar surface area (TPSA) is 52.6 Å². The van der Waals surface area contributed by atoms with Gasteiger partial charge in [-0.1, -0.05) is 29.8 Å². The zero-order valence-corrected chi connectivity index (χ0v) is 13.8. The molecule has 0 bridgehead atoms. The molecule has 0 radical (unpaired) electrons. The molecule has 1 aliphatic heterocycles. The number of aliphatic hydroxyl groups is 1. The van der Waals surface area contributed by atoms with Gasteiger partial charge in [-0.3, -0.25) is 4.79 Å². The van der Waals surface area contributed by atoms with Crippen LogP contribution in [0, 0.1) is 5.82 Å². The van der Waals surface area contributed by atoms with Crippen LogP contribution < -0.4 is 10.2 Å². The number of amides is 1. The van der Waals surface area contributed by atoms with Gasteiger partial charge in [-0.25, -0.2) is 4.39 Å². The minimum absolute atomic E-state index is 0.100. The minimum Gasteiger partial charge on any atom is -0.379 e. The Hall–Kier alpha value is -1.95. The average molecular weight is 349 g/mol. The fraction of sp³-hybridized carbons (Fsp3) is 0.278. The molecular formula is C18H18ClFN2O2. The Kier molecular flexibility index (Phi) is 4.85. The normalized spacial score (nSPS) is 20.6. The number of halogens is 2. The quantitative estimate of drug-likeness (QED) is 0.873. The molecular weight excluding hydrogens is 331 g/mol. The van der Waals surface area contributed by atoms with Gasteiger partial charge in [0.05, 0.1) is 0 Å². The molecule has 3 rings (SSSR count). The fourth-order valence-electron chi connectivity index (χ4n) is 2.90. The highest BCUT2D eigenvalue weighted by molar-refractivity contribution is 6.30. The second-order valence-electron chi connectivity index (χ2n) is 5.96. The first kappa shape index (κ1) is 16.9. The molecule has 126 valence electrons. The Morgan fingerprint density at radius 2 is 2.00 bits per heavy atom. The number of para-hydroxylation sites is 1. The highest BCUT2D eigenvalue weighted by Crippen LogP contribution is 2.27. The third-order valence-corrected chi connectivity index (χ3v) is 4.35. The largest absolute Gasteiger partial charge is 0.379 e. The number of hydrogen-bond donors (Lipinski definition) is 2. The molecule has 1 atom stereocenters. The summed E-state index contributed by atoms with van der Waals surface area (Å²) >= 11 is 5.82. The predicted molar refractivity (Wildman–Crippen MR) is 91.5 cm³/mol. The van der Waals surface area contributed by atoms with Crippen LogP contribution in [-0.4, -0.2) is 29.7 Å². The highest BCUT2D eigenvalue weighted by atomic mass is 35.5. The van der Waals surface area contributed by atoms with Gasteiger partial charge in [-0.2, -0.15) is 0 Å². The molecule has 6 heteroatoms. The van der Waals surface area contributed by atoms with Gasteiger partial charge < -0.3 is 15.3 Å². The van der Waals surface area contributed by atoms with Gasteiger partial charge in [0.2, 0.25) is 0 Å². The van der Waals surface area contributed by atoms with E-state index in [9.17, 15) is 14.3 Å². The number of rotatable bonds is 5. The zero-order valence-electron chi connectivity index (χ0n) is 13.0. The lowest BCUT2D eigenvalue weighted by Gasteiger charge is -2.23. The number of carbonyl (C=O) groups is 1. The van der Waals surface area contributed by atoms with Gasteiger partial charge in [0, 0.05) is 36.8 Å². The van der Waals surface area contributed by atoms with Gasteiger partial charge in [-0.15, -0.1) is 0 Å². The molecule has 0 aliphatic carbocycles. The zero-order chi connectivity index (χ0) is 17.2. The molecule has 24 heavy (non-hydrogen) atoms.